The third-order valence-electron chi connectivity index (χ3n) is 4.82. The number of methoxy groups -OCH3 is 2. The Labute approximate surface area is 165 Å². The molecule has 0 radical (unpaired) electrons. The quantitative estimate of drug-likeness (QED) is 0.636. The van der Waals surface area contributed by atoms with Gasteiger partial charge in [0.05, 0.1) is 25.8 Å². The van der Waals surface area contributed by atoms with E-state index in [1.807, 2.05) is 18.2 Å². The zero-order valence-corrected chi connectivity index (χ0v) is 16.2. The van der Waals surface area contributed by atoms with Crippen LogP contribution in [-0.2, 0) is 4.74 Å². The van der Waals surface area contributed by atoms with Crippen LogP contribution >= 0.6 is 0 Å². The second-order valence-electron chi connectivity index (χ2n) is 6.64. The summed E-state index contributed by atoms with van der Waals surface area (Å²) in [6.45, 7) is 2.69. The van der Waals surface area contributed by atoms with Gasteiger partial charge in [0.2, 0.25) is 0 Å². The van der Waals surface area contributed by atoms with E-state index in [9.17, 15) is 0 Å². The molecule has 0 atom stereocenters. The maximum atomic E-state index is 5.98. The summed E-state index contributed by atoms with van der Waals surface area (Å²) in [4.78, 5) is 4.58. The van der Waals surface area contributed by atoms with Crippen LogP contribution in [0.2, 0.25) is 0 Å². The molecule has 1 aliphatic heterocycles. The largest absolute Gasteiger partial charge is 0.497 e. The maximum absolute atomic E-state index is 5.98. The molecular weight excluding hydrogens is 352 g/mol. The molecule has 1 aliphatic rings. The number of nitrogens with zero attached hydrogens (tertiary/aromatic N) is 1. The van der Waals surface area contributed by atoms with Crippen molar-refractivity contribution in [1.29, 1.82) is 0 Å². The maximum Gasteiger partial charge on any atom is 0.132 e. The highest BCUT2D eigenvalue weighted by molar-refractivity contribution is 6.06. The Morgan fingerprint density at radius 1 is 0.929 bits per heavy atom. The molecule has 3 aromatic carbocycles. The molecule has 5 nitrogen and oxygen atoms in total. The molecule has 0 unspecified atom stereocenters. The summed E-state index contributed by atoms with van der Waals surface area (Å²) in [5.41, 5.74) is 3.26. The van der Waals surface area contributed by atoms with Gasteiger partial charge in [0.1, 0.15) is 23.9 Å². The fraction of sp³-hybridized carbons (Fsp3) is 0.261. The van der Waals surface area contributed by atoms with E-state index in [1.165, 1.54) is 0 Å². The summed E-state index contributed by atoms with van der Waals surface area (Å²) in [5, 5.41) is 5.62. The molecule has 144 valence electrons. The molecule has 0 amide bonds. The first-order chi connectivity index (χ1) is 13.8. The number of nitrogens with one attached hydrogen (secondary N) is 1. The molecular formula is C23H24N2O3. The predicted octanol–water partition coefficient (Wildman–Crippen LogP) is 3.89. The van der Waals surface area contributed by atoms with E-state index in [0.717, 1.165) is 57.9 Å². The van der Waals surface area contributed by atoms with Gasteiger partial charge in [-0.3, -0.25) is 4.99 Å². The Morgan fingerprint density at radius 3 is 2.61 bits per heavy atom. The third-order valence-corrected chi connectivity index (χ3v) is 4.82. The highest BCUT2D eigenvalue weighted by Gasteiger charge is 2.15. The topological polar surface area (TPSA) is 52.1 Å². The number of aliphatic imine (C=N–C) groups is 1. The van der Waals surface area contributed by atoms with Crippen LogP contribution in [0.15, 0.2) is 59.6 Å². The van der Waals surface area contributed by atoms with Crippen molar-refractivity contribution in [3.8, 4) is 22.6 Å². The summed E-state index contributed by atoms with van der Waals surface area (Å²) in [6, 6.07) is 18.8. The van der Waals surface area contributed by atoms with Gasteiger partial charge < -0.3 is 19.5 Å². The molecule has 0 fully saturated rings. The molecule has 0 aromatic heterocycles. The number of rotatable bonds is 7. The van der Waals surface area contributed by atoms with Crippen LogP contribution in [0.3, 0.4) is 0 Å². The molecule has 1 heterocycles. The lowest BCUT2D eigenvalue weighted by molar-refractivity contribution is 0.146. The lowest BCUT2D eigenvalue weighted by Gasteiger charge is -2.14. The van der Waals surface area contributed by atoms with E-state index in [4.69, 9.17) is 14.2 Å². The fourth-order valence-corrected chi connectivity index (χ4v) is 3.38. The first-order valence-corrected chi connectivity index (χ1v) is 9.41. The average Bonchev–Trinajstić information content (AvgIpc) is 3.28. The Bertz CT molecular complexity index is 1010. The number of fused-ring (bicyclic) bond motifs is 1. The number of amidine groups is 1. The normalized spacial score (nSPS) is 13.3. The monoisotopic (exact) mass is 376 g/mol. The minimum absolute atomic E-state index is 0.504. The van der Waals surface area contributed by atoms with Crippen molar-refractivity contribution < 1.29 is 14.2 Å². The smallest absolute Gasteiger partial charge is 0.132 e. The lowest BCUT2D eigenvalue weighted by Crippen LogP contribution is -2.20. The van der Waals surface area contributed by atoms with Gasteiger partial charge in [0.15, 0.2) is 0 Å². The first kappa shape index (κ1) is 18.3. The fourth-order valence-electron chi connectivity index (χ4n) is 3.38. The van der Waals surface area contributed by atoms with Gasteiger partial charge in [-0.1, -0.05) is 24.3 Å². The summed E-state index contributed by atoms with van der Waals surface area (Å²) in [5.74, 6) is 2.57. The molecule has 4 rings (SSSR count). The van der Waals surface area contributed by atoms with Gasteiger partial charge in [0, 0.05) is 13.7 Å². The van der Waals surface area contributed by atoms with E-state index in [1.54, 1.807) is 14.2 Å². The van der Waals surface area contributed by atoms with Crippen molar-refractivity contribution in [3.05, 3.63) is 60.2 Å². The molecule has 0 bridgehead atoms. The molecule has 0 aliphatic carbocycles. The van der Waals surface area contributed by atoms with Crippen molar-refractivity contribution in [2.24, 2.45) is 4.99 Å². The minimum atomic E-state index is 0.504. The molecule has 0 saturated heterocycles. The summed E-state index contributed by atoms with van der Waals surface area (Å²) in [6.07, 6.45) is 0. The van der Waals surface area contributed by atoms with Crippen LogP contribution in [0, 0.1) is 0 Å². The van der Waals surface area contributed by atoms with Crippen molar-refractivity contribution in [3.63, 3.8) is 0 Å². The van der Waals surface area contributed by atoms with Crippen LogP contribution in [0.1, 0.15) is 5.56 Å². The Hall–Kier alpha value is -3.05. The molecule has 1 N–H and O–H groups in total. The van der Waals surface area contributed by atoms with E-state index < -0.39 is 0 Å². The lowest BCUT2D eigenvalue weighted by atomic mass is 9.99. The van der Waals surface area contributed by atoms with Gasteiger partial charge >= 0.3 is 0 Å². The van der Waals surface area contributed by atoms with Crippen LogP contribution < -0.4 is 14.8 Å². The zero-order valence-electron chi connectivity index (χ0n) is 16.2. The van der Waals surface area contributed by atoms with E-state index in [2.05, 4.69) is 46.7 Å². The summed E-state index contributed by atoms with van der Waals surface area (Å²) < 4.78 is 16.5. The second kappa shape index (κ2) is 8.31. The van der Waals surface area contributed by atoms with E-state index in [0.29, 0.717) is 13.2 Å². The third kappa shape index (κ3) is 3.80. The SMILES string of the molecule is COCCOc1cc2ccc(-c3cccc(OC)c3)cc2cc1C1=NCCN1. The van der Waals surface area contributed by atoms with Crippen molar-refractivity contribution in [2.75, 3.05) is 40.5 Å². The van der Waals surface area contributed by atoms with Gasteiger partial charge in [-0.05, 0) is 52.2 Å². The van der Waals surface area contributed by atoms with Crippen molar-refractivity contribution in [2.45, 2.75) is 0 Å². The Kier molecular flexibility index (Phi) is 5.44. The standard InChI is InChI=1S/C23H24N2O3/c1-26-10-11-28-22-15-18-7-6-17(16-4-3-5-20(13-16)27-2)12-19(18)14-21(22)23-24-8-9-25-23/h3-7,12-15H,8-11H2,1-2H3,(H,24,25). The molecule has 0 spiro atoms. The number of benzene rings is 3. The molecule has 0 saturated carbocycles. The molecule has 28 heavy (non-hydrogen) atoms. The average molecular weight is 376 g/mol. The van der Waals surface area contributed by atoms with Crippen molar-refractivity contribution >= 4 is 16.6 Å². The summed E-state index contributed by atoms with van der Waals surface area (Å²) >= 11 is 0. The second-order valence-corrected chi connectivity index (χ2v) is 6.64. The van der Waals surface area contributed by atoms with Gasteiger partial charge in [-0.2, -0.15) is 0 Å². The van der Waals surface area contributed by atoms with Crippen LogP contribution in [0.4, 0.5) is 0 Å². The van der Waals surface area contributed by atoms with Gasteiger partial charge in [-0.15, -0.1) is 0 Å². The number of hydrogen-bond acceptors (Lipinski definition) is 5. The van der Waals surface area contributed by atoms with E-state index >= 15 is 0 Å². The van der Waals surface area contributed by atoms with Crippen molar-refractivity contribution in [1.82, 2.24) is 5.32 Å². The van der Waals surface area contributed by atoms with E-state index in [-0.39, 0.29) is 0 Å². The molecule has 5 heteroatoms. The predicted molar refractivity (Wildman–Crippen MR) is 113 cm³/mol. The van der Waals surface area contributed by atoms with Crippen LogP contribution in [-0.4, -0.2) is 46.4 Å². The zero-order chi connectivity index (χ0) is 19.3. The van der Waals surface area contributed by atoms with Crippen LogP contribution in [0.5, 0.6) is 11.5 Å². The number of hydrogen-bond donors (Lipinski definition) is 1. The highest BCUT2D eigenvalue weighted by atomic mass is 16.5. The van der Waals surface area contributed by atoms with Gasteiger partial charge in [-0.25, -0.2) is 0 Å². The molecule has 3 aromatic rings. The minimum Gasteiger partial charge on any atom is -0.497 e. The Balaban J connectivity index is 1.76. The summed E-state index contributed by atoms with van der Waals surface area (Å²) in [7, 11) is 3.36. The Morgan fingerprint density at radius 2 is 1.82 bits per heavy atom. The first-order valence-electron chi connectivity index (χ1n) is 9.41. The van der Waals surface area contributed by atoms with Crippen LogP contribution in [0.25, 0.3) is 21.9 Å². The number of ether oxygens (including phenoxy) is 3. The van der Waals surface area contributed by atoms with Gasteiger partial charge in [0.25, 0.3) is 0 Å². The highest BCUT2D eigenvalue weighted by Crippen LogP contribution is 2.31.